The molecule has 1 heterocycles. The van der Waals surface area contributed by atoms with Gasteiger partial charge in [-0.1, -0.05) is 0 Å². The number of carbonyl (C=O) groups is 2. The van der Waals surface area contributed by atoms with Crippen LogP contribution in [-0.2, 0) is 14.3 Å². The molecule has 0 saturated carbocycles. The topological polar surface area (TPSA) is 59.1 Å². The molecule has 1 aromatic carbocycles. The highest BCUT2D eigenvalue weighted by Crippen LogP contribution is 2.20. The maximum atomic E-state index is 12.3. The van der Waals surface area contributed by atoms with Gasteiger partial charge in [-0.15, -0.1) is 0 Å². The number of anilines is 1. The molecular weight excluding hydrogens is 284 g/mol. The van der Waals surface area contributed by atoms with Crippen LogP contribution < -0.4 is 9.64 Å². The Bertz CT molecular complexity index is 509. The maximum absolute atomic E-state index is 12.3. The van der Waals surface area contributed by atoms with Gasteiger partial charge >= 0.3 is 0 Å². The lowest BCUT2D eigenvalue weighted by Gasteiger charge is -2.29. The van der Waals surface area contributed by atoms with Crippen molar-refractivity contribution in [3.05, 3.63) is 24.3 Å². The number of benzene rings is 1. The standard InChI is InChI=1S/C16H22N2O4/c1-3-22-15-6-4-14(5-7-15)18(13(2)19)12-16(20)17-8-10-21-11-9-17/h4-7H,3,8-12H2,1-2H3. The van der Waals surface area contributed by atoms with Gasteiger partial charge in [0.2, 0.25) is 11.8 Å². The van der Waals surface area contributed by atoms with Crippen LogP contribution in [0.15, 0.2) is 24.3 Å². The summed E-state index contributed by atoms with van der Waals surface area (Å²) in [4.78, 5) is 27.4. The van der Waals surface area contributed by atoms with Crippen molar-refractivity contribution in [2.24, 2.45) is 0 Å². The molecule has 1 aliphatic rings. The normalized spacial score (nSPS) is 14.5. The zero-order valence-electron chi connectivity index (χ0n) is 13.1. The second-order valence-electron chi connectivity index (χ2n) is 5.03. The molecule has 0 aliphatic carbocycles. The van der Waals surface area contributed by atoms with Crippen LogP contribution in [0.3, 0.4) is 0 Å². The van der Waals surface area contributed by atoms with Gasteiger partial charge in [0, 0.05) is 25.7 Å². The zero-order chi connectivity index (χ0) is 15.9. The van der Waals surface area contributed by atoms with Crippen molar-refractivity contribution >= 4 is 17.5 Å². The summed E-state index contributed by atoms with van der Waals surface area (Å²) in [7, 11) is 0. The van der Waals surface area contributed by atoms with Crippen LogP contribution in [0.4, 0.5) is 5.69 Å². The van der Waals surface area contributed by atoms with E-state index in [9.17, 15) is 9.59 Å². The van der Waals surface area contributed by atoms with E-state index in [1.807, 2.05) is 6.92 Å². The van der Waals surface area contributed by atoms with E-state index in [0.29, 0.717) is 38.6 Å². The molecule has 0 atom stereocenters. The summed E-state index contributed by atoms with van der Waals surface area (Å²) < 4.78 is 10.6. The van der Waals surface area contributed by atoms with Crippen molar-refractivity contribution in [3.63, 3.8) is 0 Å². The Kier molecular flexibility index (Phi) is 5.77. The fourth-order valence-electron chi connectivity index (χ4n) is 2.32. The Morgan fingerprint density at radius 1 is 1.23 bits per heavy atom. The van der Waals surface area contributed by atoms with E-state index in [-0.39, 0.29) is 18.4 Å². The minimum atomic E-state index is -0.161. The smallest absolute Gasteiger partial charge is 0.242 e. The first-order valence-electron chi connectivity index (χ1n) is 7.48. The zero-order valence-corrected chi connectivity index (χ0v) is 13.1. The van der Waals surface area contributed by atoms with Crippen LogP contribution >= 0.6 is 0 Å². The third kappa shape index (κ3) is 4.21. The molecule has 0 spiro atoms. The van der Waals surface area contributed by atoms with E-state index in [1.165, 1.54) is 11.8 Å². The molecule has 6 nitrogen and oxygen atoms in total. The fourth-order valence-corrected chi connectivity index (χ4v) is 2.32. The molecule has 6 heteroatoms. The molecule has 1 aliphatic heterocycles. The summed E-state index contributed by atoms with van der Waals surface area (Å²) in [6.07, 6.45) is 0. The van der Waals surface area contributed by atoms with Gasteiger partial charge in [-0.3, -0.25) is 9.59 Å². The van der Waals surface area contributed by atoms with E-state index in [4.69, 9.17) is 9.47 Å². The molecule has 2 amide bonds. The van der Waals surface area contributed by atoms with Crippen LogP contribution in [0.2, 0.25) is 0 Å². The molecule has 120 valence electrons. The fraction of sp³-hybridized carbons (Fsp3) is 0.500. The monoisotopic (exact) mass is 306 g/mol. The summed E-state index contributed by atoms with van der Waals surface area (Å²) in [5.74, 6) is 0.521. The number of ether oxygens (including phenoxy) is 2. The van der Waals surface area contributed by atoms with Crippen LogP contribution in [0.5, 0.6) is 5.75 Å². The highest BCUT2D eigenvalue weighted by Gasteiger charge is 2.22. The van der Waals surface area contributed by atoms with Gasteiger partial charge in [-0.05, 0) is 31.2 Å². The maximum Gasteiger partial charge on any atom is 0.242 e. The molecule has 1 aromatic rings. The summed E-state index contributed by atoms with van der Waals surface area (Å²) in [5.41, 5.74) is 0.692. The van der Waals surface area contributed by atoms with Crippen LogP contribution in [0, 0.1) is 0 Å². The van der Waals surface area contributed by atoms with Crippen molar-refractivity contribution < 1.29 is 19.1 Å². The van der Waals surface area contributed by atoms with Crippen molar-refractivity contribution in [1.82, 2.24) is 4.90 Å². The first kappa shape index (κ1) is 16.3. The Labute approximate surface area is 130 Å². The SMILES string of the molecule is CCOc1ccc(N(CC(=O)N2CCOCC2)C(C)=O)cc1. The van der Waals surface area contributed by atoms with E-state index < -0.39 is 0 Å². The van der Waals surface area contributed by atoms with E-state index in [0.717, 1.165) is 5.75 Å². The predicted octanol–water partition coefficient (Wildman–Crippen LogP) is 1.30. The molecule has 1 saturated heterocycles. The number of amides is 2. The first-order valence-corrected chi connectivity index (χ1v) is 7.48. The molecule has 0 radical (unpaired) electrons. The Morgan fingerprint density at radius 2 is 1.86 bits per heavy atom. The van der Waals surface area contributed by atoms with Gasteiger partial charge in [0.15, 0.2) is 0 Å². The number of hydrogen-bond acceptors (Lipinski definition) is 4. The van der Waals surface area contributed by atoms with E-state index in [1.54, 1.807) is 29.2 Å². The van der Waals surface area contributed by atoms with Gasteiger partial charge in [-0.2, -0.15) is 0 Å². The van der Waals surface area contributed by atoms with Crippen LogP contribution in [0.25, 0.3) is 0 Å². The van der Waals surface area contributed by atoms with Gasteiger partial charge in [0.1, 0.15) is 12.3 Å². The van der Waals surface area contributed by atoms with Gasteiger partial charge in [-0.25, -0.2) is 0 Å². The Balaban J connectivity index is 2.05. The Hall–Kier alpha value is -2.08. The van der Waals surface area contributed by atoms with Crippen LogP contribution in [-0.4, -0.2) is 56.2 Å². The summed E-state index contributed by atoms with van der Waals surface area (Å²) in [5, 5.41) is 0. The molecule has 0 aromatic heterocycles. The number of carbonyl (C=O) groups excluding carboxylic acids is 2. The van der Waals surface area contributed by atoms with E-state index in [2.05, 4.69) is 0 Å². The van der Waals surface area contributed by atoms with Gasteiger partial charge < -0.3 is 19.3 Å². The van der Waals surface area contributed by atoms with E-state index >= 15 is 0 Å². The van der Waals surface area contributed by atoms with Crippen molar-refractivity contribution in [2.75, 3.05) is 44.4 Å². The molecule has 2 rings (SSSR count). The quantitative estimate of drug-likeness (QED) is 0.822. The highest BCUT2D eigenvalue weighted by atomic mass is 16.5. The molecule has 0 bridgehead atoms. The minimum absolute atomic E-state index is 0.0450. The lowest BCUT2D eigenvalue weighted by atomic mass is 10.2. The first-order chi connectivity index (χ1) is 10.6. The average molecular weight is 306 g/mol. The molecule has 0 unspecified atom stereocenters. The summed E-state index contributed by atoms with van der Waals surface area (Å²) >= 11 is 0. The molecular formula is C16H22N2O4. The molecule has 22 heavy (non-hydrogen) atoms. The number of hydrogen-bond donors (Lipinski definition) is 0. The van der Waals surface area contributed by atoms with Crippen molar-refractivity contribution in [1.29, 1.82) is 0 Å². The average Bonchev–Trinajstić information content (AvgIpc) is 2.54. The predicted molar refractivity (Wildman–Crippen MR) is 83.0 cm³/mol. The van der Waals surface area contributed by atoms with Crippen molar-refractivity contribution in [3.8, 4) is 5.75 Å². The third-order valence-corrected chi connectivity index (χ3v) is 3.50. The lowest BCUT2D eigenvalue weighted by molar-refractivity contribution is -0.134. The molecule has 0 N–H and O–H groups in total. The largest absolute Gasteiger partial charge is 0.494 e. The Morgan fingerprint density at radius 3 is 2.41 bits per heavy atom. The van der Waals surface area contributed by atoms with Gasteiger partial charge in [0.05, 0.1) is 19.8 Å². The summed E-state index contributed by atoms with van der Waals surface area (Å²) in [6.45, 7) is 6.26. The summed E-state index contributed by atoms with van der Waals surface area (Å²) in [6, 6.07) is 7.18. The van der Waals surface area contributed by atoms with Gasteiger partial charge in [0.25, 0.3) is 0 Å². The molecule has 1 fully saturated rings. The number of morpholine rings is 1. The number of nitrogens with zero attached hydrogens (tertiary/aromatic N) is 2. The lowest BCUT2D eigenvalue weighted by Crippen LogP contribution is -2.46. The third-order valence-electron chi connectivity index (χ3n) is 3.50. The minimum Gasteiger partial charge on any atom is -0.494 e. The second-order valence-corrected chi connectivity index (χ2v) is 5.03. The highest BCUT2D eigenvalue weighted by molar-refractivity contribution is 5.97. The van der Waals surface area contributed by atoms with Crippen molar-refractivity contribution in [2.45, 2.75) is 13.8 Å². The van der Waals surface area contributed by atoms with Crippen LogP contribution in [0.1, 0.15) is 13.8 Å². The second kappa shape index (κ2) is 7.79. The number of rotatable bonds is 5.